The van der Waals surface area contributed by atoms with E-state index in [-0.39, 0.29) is 11.8 Å². The second kappa shape index (κ2) is 6.63. The highest BCUT2D eigenvalue weighted by atomic mass is 35.5. The van der Waals surface area contributed by atoms with Crippen LogP contribution in [-0.4, -0.2) is 28.3 Å². The molecule has 1 atom stereocenters. The molecule has 1 amide bonds. The van der Waals surface area contributed by atoms with Gasteiger partial charge in [0, 0.05) is 25.8 Å². The van der Waals surface area contributed by atoms with Crippen LogP contribution in [0.25, 0.3) is 0 Å². The van der Waals surface area contributed by atoms with Gasteiger partial charge < -0.3 is 10.2 Å². The predicted molar refractivity (Wildman–Crippen MR) is 89.3 cm³/mol. The van der Waals surface area contributed by atoms with Crippen molar-refractivity contribution in [2.75, 3.05) is 18.0 Å². The first-order valence-electron chi connectivity index (χ1n) is 7.92. The van der Waals surface area contributed by atoms with Gasteiger partial charge in [-0.15, -0.1) is 23.2 Å². The third-order valence-electron chi connectivity index (χ3n) is 4.35. The summed E-state index contributed by atoms with van der Waals surface area (Å²) in [5.74, 6) is 0.668. The van der Waals surface area contributed by atoms with Gasteiger partial charge in [-0.2, -0.15) is 0 Å². The van der Waals surface area contributed by atoms with Crippen molar-refractivity contribution < 1.29 is 4.79 Å². The number of carbonyl (C=O) groups excluding carboxylic acids is 1. The monoisotopic (exact) mass is 341 g/mol. The normalized spacial score (nSPS) is 23.7. The molecule has 1 unspecified atom stereocenters. The number of nitrogens with zero attached hydrogens (tertiary/aromatic N) is 2. The second-order valence-electron chi connectivity index (χ2n) is 6.16. The molecule has 1 aromatic rings. The Bertz CT molecular complexity index is 525. The number of hydrogen-bond donors (Lipinski definition) is 1. The maximum Gasteiger partial charge on any atom is 0.226 e. The summed E-state index contributed by atoms with van der Waals surface area (Å²) in [6, 6.07) is 4.06. The summed E-state index contributed by atoms with van der Waals surface area (Å²) in [7, 11) is 0. The minimum absolute atomic E-state index is 0.0819. The topological polar surface area (TPSA) is 45.2 Å². The predicted octanol–water partition coefficient (Wildman–Crippen LogP) is 3.27. The van der Waals surface area contributed by atoms with E-state index in [0.29, 0.717) is 13.0 Å². The van der Waals surface area contributed by atoms with E-state index in [4.69, 9.17) is 23.2 Å². The van der Waals surface area contributed by atoms with Gasteiger partial charge in [0.25, 0.3) is 0 Å². The number of anilines is 1. The highest BCUT2D eigenvalue weighted by Crippen LogP contribution is 2.53. The van der Waals surface area contributed by atoms with Crippen LogP contribution in [-0.2, 0) is 11.3 Å². The van der Waals surface area contributed by atoms with Gasteiger partial charge in [0.15, 0.2) is 0 Å². The molecule has 1 aromatic heterocycles. The molecule has 6 heteroatoms. The summed E-state index contributed by atoms with van der Waals surface area (Å²) < 4.78 is -0.862. The van der Waals surface area contributed by atoms with Crippen LogP contribution in [0.5, 0.6) is 0 Å². The SMILES string of the molecule is O=C(NCc1ccc(N2CCCCCC2)nc1)C1CC1(Cl)Cl. The standard InChI is InChI=1S/C16H21Cl2N3O/c17-16(18)9-13(16)15(22)20-11-12-5-6-14(19-10-12)21-7-3-1-2-4-8-21/h5-6,10,13H,1-4,7-9,11H2,(H,20,22). The van der Waals surface area contributed by atoms with E-state index in [0.717, 1.165) is 24.5 Å². The minimum atomic E-state index is -0.862. The third kappa shape index (κ3) is 3.85. The van der Waals surface area contributed by atoms with Gasteiger partial charge in [0.05, 0.1) is 5.92 Å². The molecule has 1 saturated heterocycles. The van der Waals surface area contributed by atoms with Crippen LogP contribution >= 0.6 is 23.2 Å². The molecule has 0 bridgehead atoms. The number of nitrogens with one attached hydrogen (secondary N) is 1. The summed E-state index contributed by atoms with van der Waals surface area (Å²) in [5.41, 5.74) is 0.988. The van der Waals surface area contributed by atoms with Crippen molar-refractivity contribution in [3.63, 3.8) is 0 Å². The Balaban J connectivity index is 1.52. The molecule has 120 valence electrons. The Morgan fingerprint density at radius 1 is 1.27 bits per heavy atom. The van der Waals surface area contributed by atoms with Crippen LogP contribution in [0.15, 0.2) is 18.3 Å². The number of hydrogen-bond acceptors (Lipinski definition) is 3. The number of rotatable bonds is 4. The zero-order chi connectivity index (χ0) is 15.6. The summed E-state index contributed by atoms with van der Waals surface area (Å²) in [4.78, 5) is 18.7. The lowest BCUT2D eigenvalue weighted by atomic mass is 10.2. The number of carbonyl (C=O) groups is 1. The first-order chi connectivity index (χ1) is 10.6. The van der Waals surface area contributed by atoms with Crippen molar-refractivity contribution in [3.05, 3.63) is 23.9 Å². The molecule has 4 nitrogen and oxygen atoms in total. The fraction of sp³-hybridized carbons (Fsp3) is 0.625. The second-order valence-corrected chi connectivity index (χ2v) is 7.70. The minimum Gasteiger partial charge on any atom is -0.357 e. The van der Waals surface area contributed by atoms with Crippen LogP contribution in [0.2, 0.25) is 0 Å². The zero-order valence-electron chi connectivity index (χ0n) is 12.5. The first-order valence-corrected chi connectivity index (χ1v) is 8.67. The highest BCUT2D eigenvalue weighted by molar-refractivity contribution is 6.52. The van der Waals surface area contributed by atoms with Gasteiger partial charge in [-0.1, -0.05) is 18.9 Å². The number of pyridine rings is 1. The van der Waals surface area contributed by atoms with Gasteiger partial charge >= 0.3 is 0 Å². The van der Waals surface area contributed by atoms with Crippen molar-refractivity contribution in [1.82, 2.24) is 10.3 Å². The van der Waals surface area contributed by atoms with E-state index in [2.05, 4.69) is 15.2 Å². The van der Waals surface area contributed by atoms with Crippen LogP contribution in [0.4, 0.5) is 5.82 Å². The molecule has 0 aromatic carbocycles. The average molecular weight is 342 g/mol. The van der Waals surface area contributed by atoms with Crippen molar-refractivity contribution >= 4 is 34.9 Å². The van der Waals surface area contributed by atoms with Crippen LogP contribution in [0, 0.1) is 5.92 Å². The molecule has 0 radical (unpaired) electrons. The van der Waals surface area contributed by atoms with Gasteiger partial charge in [-0.3, -0.25) is 4.79 Å². The molecule has 1 N–H and O–H groups in total. The van der Waals surface area contributed by atoms with Gasteiger partial charge in [-0.05, 0) is 30.9 Å². The number of halogens is 2. The van der Waals surface area contributed by atoms with Gasteiger partial charge in [-0.25, -0.2) is 4.98 Å². The van der Waals surface area contributed by atoms with E-state index in [1.807, 2.05) is 18.3 Å². The molecule has 0 spiro atoms. The van der Waals surface area contributed by atoms with E-state index < -0.39 is 4.33 Å². The fourth-order valence-corrected chi connectivity index (χ4v) is 3.33. The number of aromatic nitrogens is 1. The molecule has 2 fully saturated rings. The smallest absolute Gasteiger partial charge is 0.226 e. The zero-order valence-corrected chi connectivity index (χ0v) is 14.0. The van der Waals surface area contributed by atoms with Crippen molar-refractivity contribution in [1.29, 1.82) is 0 Å². The summed E-state index contributed by atoms with van der Waals surface area (Å²) in [5, 5.41) is 2.86. The molecular formula is C16H21Cl2N3O. The molecule has 1 aliphatic carbocycles. The molecule has 3 rings (SSSR count). The Hall–Kier alpha value is -1.00. The average Bonchev–Trinajstić information content (AvgIpc) is 3.22. The van der Waals surface area contributed by atoms with Crippen molar-refractivity contribution in [3.8, 4) is 0 Å². The van der Waals surface area contributed by atoms with E-state index in [1.165, 1.54) is 25.7 Å². The van der Waals surface area contributed by atoms with Crippen LogP contribution in [0.3, 0.4) is 0 Å². The molecule has 2 heterocycles. The molecule has 22 heavy (non-hydrogen) atoms. The van der Waals surface area contributed by atoms with Crippen molar-refractivity contribution in [2.24, 2.45) is 5.92 Å². The first kappa shape index (κ1) is 15.9. The number of alkyl halides is 2. The fourth-order valence-electron chi connectivity index (χ4n) is 2.82. The molecule has 1 saturated carbocycles. The quantitative estimate of drug-likeness (QED) is 0.855. The summed E-state index contributed by atoms with van der Waals surface area (Å²) in [6.07, 6.45) is 7.46. The lowest BCUT2D eigenvalue weighted by molar-refractivity contribution is -0.122. The van der Waals surface area contributed by atoms with E-state index >= 15 is 0 Å². The highest BCUT2D eigenvalue weighted by Gasteiger charge is 2.56. The van der Waals surface area contributed by atoms with Gasteiger partial charge in [0.1, 0.15) is 10.2 Å². The third-order valence-corrected chi connectivity index (χ3v) is 5.18. The van der Waals surface area contributed by atoms with E-state index in [9.17, 15) is 4.79 Å². The van der Waals surface area contributed by atoms with E-state index in [1.54, 1.807) is 0 Å². The van der Waals surface area contributed by atoms with Gasteiger partial charge in [0.2, 0.25) is 5.91 Å². The maximum atomic E-state index is 11.8. The Morgan fingerprint density at radius 3 is 2.50 bits per heavy atom. The van der Waals surface area contributed by atoms with Crippen LogP contribution < -0.4 is 10.2 Å². The largest absolute Gasteiger partial charge is 0.357 e. The Labute approximate surface area is 141 Å². The van der Waals surface area contributed by atoms with Crippen molar-refractivity contribution in [2.45, 2.75) is 43.0 Å². The summed E-state index contributed by atoms with van der Waals surface area (Å²) in [6.45, 7) is 2.63. The maximum absolute atomic E-state index is 11.8. The van der Waals surface area contributed by atoms with Crippen LogP contribution in [0.1, 0.15) is 37.7 Å². The lowest BCUT2D eigenvalue weighted by Gasteiger charge is -2.21. The summed E-state index contributed by atoms with van der Waals surface area (Å²) >= 11 is 11.8. The lowest BCUT2D eigenvalue weighted by Crippen LogP contribution is -2.27. The molecular weight excluding hydrogens is 321 g/mol. The Kier molecular flexibility index (Phi) is 4.79. The number of amides is 1. The Morgan fingerprint density at radius 2 is 1.95 bits per heavy atom. The molecule has 1 aliphatic heterocycles. The molecule has 2 aliphatic rings.